The third kappa shape index (κ3) is 4.03. The molecule has 0 saturated carbocycles. The number of para-hydroxylation sites is 1. The van der Waals surface area contributed by atoms with E-state index in [1.165, 1.54) is 0 Å². The Morgan fingerprint density at radius 1 is 1.22 bits per heavy atom. The Hall–Kier alpha value is -2.49. The lowest BCUT2D eigenvalue weighted by molar-refractivity contribution is -0.122. The van der Waals surface area contributed by atoms with Gasteiger partial charge in [-0.25, -0.2) is 0 Å². The molecule has 1 aliphatic rings. The summed E-state index contributed by atoms with van der Waals surface area (Å²) in [5.74, 6) is 1.82. The highest BCUT2D eigenvalue weighted by molar-refractivity contribution is 5.76. The van der Waals surface area contributed by atoms with Gasteiger partial charge in [0.25, 0.3) is 0 Å². The fourth-order valence-corrected chi connectivity index (χ4v) is 2.77. The number of benzene rings is 2. The Morgan fingerprint density at radius 2 is 2.00 bits per heavy atom. The van der Waals surface area contributed by atoms with E-state index in [2.05, 4.69) is 5.32 Å². The molecule has 0 aromatic heterocycles. The van der Waals surface area contributed by atoms with Crippen LogP contribution in [0, 0.1) is 0 Å². The molecule has 1 heterocycles. The number of rotatable bonds is 5. The largest absolute Gasteiger partial charge is 0.497 e. The Balaban J connectivity index is 1.48. The van der Waals surface area contributed by atoms with Crippen molar-refractivity contribution in [2.75, 3.05) is 13.7 Å². The van der Waals surface area contributed by atoms with E-state index in [1.54, 1.807) is 7.11 Å². The zero-order chi connectivity index (χ0) is 16.1. The molecule has 23 heavy (non-hydrogen) atoms. The lowest BCUT2D eigenvalue weighted by Gasteiger charge is -2.26. The van der Waals surface area contributed by atoms with Crippen LogP contribution in [-0.4, -0.2) is 25.7 Å². The molecule has 1 amide bonds. The van der Waals surface area contributed by atoms with Crippen LogP contribution in [-0.2, 0) is 17.6 Å². The van der Waals surface area contributed by atoms with E-state index < -0.39 is 0 Å². The monoisotopic (exact) mass is 311 g/mol. The summed E-state index contributed by atoms with van der Waals surface area (Å²) in [6, 6.07) is 15.8. The van der Waals surface area contributed by atoms with Gasteiger partial charge >= 0.3 is 0 Å². The van der Waals surface area contributed by atoms with Crippen molar-refractivity contribution >= 4 is 5.91 Å². The zero-order valence-corrected chi connectivity index (χ0v) is 13.2. The SMILES string of the molecule is COc1ccc(CCC(=O)NC2COc3ccccc3C2)cc1. The maximum absolute atomic E-state index is 12.1. The summed E-state index contributed by atoms with van der Waals surface area (Å²) in [7, 11) is 1.65. The lowest BCUT2D eigenvalue weighted by atomic mass is 10.0. The molecular weight excluding hydrogens is 290 g/mol. The van der Waals surface area contributed by atoms with E-state index in [9.17, 15) is 4.79 Å². The Labute approximate surface area is 136 Å². The molecule has 0 radical (unpaired) electrons. The molecule has 4 heteroatoms. The van der Waals surface area contributed by atoms with Crippen LogP contribution in [0.5, 0.6) is 11.5 Å². The Bertz CT molecular complexity index is 667. The first-order chi connectivity index (χ1) is 11.2. The molecule has 1 unspecified atom stereocenters. The van der Waals surface area contributed by atoms with Crippen LogP contribution in [0.25, 0.3) is 0 Å². The van der Waals surface area contributed by atoms with Crippen LogP contribution in [0.15, 0.2) is 48.5 Å². The van der Waals surface area contributed by atoms with Gasteiger partial charge < -0.3 is 14.8 Å². The van der Waals surface area contributed by atoms with Crippen molar-refractivity contribution in [2.24, 2.45) is 0 Å². The van der Waals surface area contributed by atoms with Crippen LogP contribution in [0.1, 0.15) is 17.5 Å². The van der Waals surface area contributed by atoms with Crippen molar-refractivity contribution in [1.82, 2.24) is 5.32 Å². The number of fused-ring (bicyclic) bond motifs is 1. The summed E-state index contributed by atoms with van der Waals surface area (Å²) in [4.78, 5) is 12.1. The summed E-state index contributed by atoms with van der Waals surface area (Å²) < 4.78 is 10.8. The second-order valence-electron chi connectivity index (χ2n) is 5.74. The topological polar surface area (TPSA) is 47.6 Å². The highest BCUT2D eigenvalue weighted by Crippen LogP contribution is 2.23. The van der Waals surface area contributed by atoms with Crippen molar-refractivity contribution in [1.29, 1.82) is 0 Å². The number of hydrogen-bond donors (Lipinski definition) is 1. The molecule has 0 fully saturated rings. The predicted octanol–water partition coefficient (Wildman–Crippen LogP) is 2.75. The number of amides is 1. The summed E-state index contributed by atoms with van der Waals surface area (Å²) >= 11 is 0. The molecule has 120 valence electrons. The highest BCUT2D eigenvalue weighted by atomic mass is 16.5. The molecular formula is C19H21NO3. The average molecular weight is 311 g/mol. The van der Waals surface area contributed by atoms with Gasteiger partial charge in [0.1, 0.15) is 18.1 Å². The van der Waals surface area contributed by atoms with E-state index in [0.717, 1.165) is 35.5 Å². The lowest BCUT2D eigenvalue weighted by Crippen LogP contribution is -2.42. The number of methoxy groups -OCH3 is 1. The average Bonchev–Trinajstić information content (AvgIpc) is 2.60. The molecule has 0 aliphatic carbocycles. The minimum absolute atomic E-state index is 0.0493. The summed E-state index contributed by atoms with van der Waals surface area (Å²) in [5.41, 5.74) is 2.28. The zero-order valence-electron chi connectivity index (χ0n) is 13.2. The number of ether oxygens (including phenoxy) is 2. The van der Waals surface area contributed by atoms with E-state index >= 15 is 0 Å². The first-order valence-electron chi connectivity index (χ1n) is 7.87. The van der Waals surface area contributed by atoms with Gasteiger partial charge in [0.15, 0.2) is 0 Å². The molecule has 0 spiro atoms. The van der Waals surface area contributed by atoms with E-state index in [0.29, 0.717) is 13.0 Å². The number of hydrogen-bond acceptors (Lipinski definition) is 3. The highest BCUT2D eigenvalue weighted by Gasteiger charge is 2.20. The number of aryl methyl sites for hydroxylation is 1. The molecule has 0 bridgehead atoms. The summed E-state index contributed by atoms with van der Waals surface area (Å²) in [6.45, 7) is 0.533. The van der Waals surface area contributed by atoms with Crippen LogP contribution in [0.2, 0.25) is 0 Å². The summed E-state index contributed by atoms with van der Waals surface area (Å²) in [5, 5.41) is 3.06. The van der Waals surface area contributed by atoms with Crippen LogP contribution < -0.4 is 14.8 Å². The fourth-order valence-electron chi connectivity index (χ4n) is 2.77. The van der Waals surface area contributed by atoms with Crippen molar-refractivity contribution in [3.63, 3.8) is 0 Å². The van der Waals surface area contributed by atoms with Gasteiger partial charge in [-0.2, -0.15) is 0 Å². The van der Waals surface area contributed by atoms with Crippen LogP contribution in [0.4, 0.5) is 0 Å². The van der Waals surface area contributed by atoms with Crippen molar-refractivity contribution < 1.29 is 14.3 Å². The van der Waals surface area contributed by atoms with Gasteiger partial charge in [-0.05, 0) is 42.2 Å². The molecule has 3 rings (SSSR count). The molecule has 0 saturated heterocycles. The molecule has 1 atom stereocenters. The van der Waals surface area contributed by atoms with E-state index in [1.807, 2.05) is 48.5 Å². The van der Waals surface area contributed by atoms with Crippen LogP contribution in [0.3, 0.4) is 0 Å². The predicted molar refractivity (Wildman–Crippen MR) is 88.9 cm³/mol. The van der Waals surface area contributed by atoms with Gasteiger partial charge in [0.2, 0.25) is 5.91 Å². The fraction of sp³-hybridized carbons (Fsp3) is 0.316. The quantitative estimate of drug-likeness (QED) is 0.923. The number of nitrogens with one attached hydrogen (secondary N) is 1. The second-order valence-corrected chi connectivity index (χ2v) is 5.74. The third-order valence-corrected chi connectivity index (χ3v) is 4.04. The van der Waals surface area contributed by atoms with Gasteiger partial charge in [0.05, 0.1) is 13.2 Å². The molecule has 1 aliphatic heterocycles. The van der Waals surface area contributed by atoms with Crippen molar-refractivity contribution in [3.05, 3.63) is 59.7 Å². The van der Waals surface area contributed by atoms with Gasteiger partial charge in [0, 0.05) is 6.42 Å². The van der Waals surface area contributed by atoms with Gasteiger partial charge in [-0.1, -0.05) is 30.3 Å². The van der Waals surface area contributed by atoms with Crippen molar-refractivity contribution in [2.45, 2.75) is 25.3 Å². The maximum atomic E-state index is 12.1. The Kier molecular flexibility index (Phi) is 4.81. The van der Waals surface area contributed by atoms with Crippen LogP contribution >= 0.6 is 0 Å². The third-order valence-electron chi connectivity index (χ3n) is 4.04. The molecule has 4 nitrogen and oxygen atoms in total. The maximum Gasteiger partial charge on any atom is 0.220 e. The number of carbonyl (C=O) groups is 1. The molecule has 2 aromatic carbocycles. The number of carbonyl (C=O) groups excluding carboxylic acids is 1. The van der Waals surface area contributed by atoms with E-state index in [-0.39, 0.29) is 11.9 Å². The molecule has 2 aromatic rings. The first-order valence-corrected chi connectivity index (χ1v) is 7.87. The summed E-state index contributed by atoms with van der Waals surface area (Å²) in [6.07, 6.45) is 2.02. The molecule has 1 N–H and O–H groups in total. The normalized spacial score (nSPS) is 16.1. The Morgan fingerprint density at radius 3 is 2.78 bits per heavy atom. The minimum Gasteiger partial charge on any atom is -0.497 e. The van der Waals surface area contributed by atoms with Gasteiger partial charge in [-0.3, -0.25) is 4.79 Å². The standard InChI is InChI=1S/C19H21NO3/c1-22-17-9-6-14(7-10-17)8-11-19(21)20-16-12-15-4-2-3-5-18(15)23-13-16/h2-7,9-10,16H,8,11-13H2,1H3,(H,20,21). The minimum atomic E-state index is 0.0493. The smallest absolute Gasteiger partial charge is 0.220 e. The van der Waals surface area contributed by atoms with E-state index in [4.69, 9.17) is 9.47 Å². The van der Waals surface area contributed by atoms with Gasteiger partial charge in [-0.15, -0.1) is 0 Å². The van der Waals surface area contributed by atoms with Crippen molar-refractivity contribution in [3.8, 4) is 11.5 Å². The second kappa shape index (κ2) is 7.18. The first kappa shape index (κ1) is 15.4.